The smallest absolute Gasteiger partial charge is 0.0614 e. The molecule has 2 unspecified atom stereocenters. The first-order valence-corrected chi connectivity index (χ1v) is 7.83. The lowest BCUT2D eigenvalue weighted by Gasteiger charge is -2.33. The van der Waals surface area contributed by atoms with E-state index in [9.17, 15) is 5.11 Å². The summed E-state index contributed by atoms with van der Waals surface area (Å²) in [6.45, 7) is 8.65. The highest BCUT2D eigenvalue weighted by atomic mass is 16.3. The van der Waals surface area contributed by atoms with E-state index < -0.39 is 0 Å². The van der Waals surface area contributed by atoms with Gasteiger partial charge in [0.1, 0.15) is 0 Å². The first-order valence-electron chi connectivity index (χ1n) is 7.83. The fourth-order valence-corrected chi connectivity index (χ4v) is 3.56. The van der Waals surface area contributed by atoms with Gasteiger partial charge in [0.25, 0.3) is 0 Å². The summed E-state index contributed by atoms with van der Waals surface area (Å²) in [4.78, 5) is 2.49. The molecule has 1 saturated carbocycles. The van der Waals surface area contributed by atoms with Crippen LogP contribution >= 0.6 is 0 Å². The summed E-state index contributed by atoms with van der Waals surface area (Å²) in [7, 11) is 0. The van der Waals surface area contributed by atoms with Crippen LogP contribution in [-0.4, -0.2) is 36.4 Å². The van der Waals surface area contributed by atoms with E-state index in [-0.39, 0.29) is 12.1 Å². The Morgan fingerprint density at radius 3 is 2.80 bits per heavy atom. The second kappa shape index (κ2) is 6.59. The van der Waals surface area contributed by atoms with Crippen molar-refractivity contribution in [3.63, 3.8) is 0 Å². The predicted octanol–water partition coefficient (Wildman–Crippen LogP) is 2.71. The van der Waals surface area contributed by atoms with Crippen molar-refractivity contribution in [2.24, 2.45) is 0 Å². The Kier molecular flexibility index (Phi) is 5.06. The Morgan fingerprint density at radius 1 is 1.40 bits per heavy atom. The van der Waals surface area contributed by atoms with Crippen LogP contribution < -0.4 is 10.2 Å². The van der Waals surface area contributed by atoms with E-state index in [0.717, 1.165) is 32.4 Å². The monoisotopic (exact) mass is 276 g/mol. The van der Waals surface area contributed by atoms with Gasteiger partial charge >= 0.3 is 0 Å². The molecule has 1 aromatic rings. The number of hydrogen-bond donors (Lipinski definition) is 2. The summed E-state index contributed by atoms with van der Waals surface area (Å²) < 4.78 is 0. The highest BCUT2D eigenvalue weighted by molar-refractivity contribution is 5.49. The largest absolute Gasteiger partial charge is 0.394 e. The number of nitrogens with one attached hydrogen (secondary N) is 1. The van der Waals surface area contributed by atoms with Gasteiger partial charge < -0.3 is 15.3 Å². The van der Waals surface area contributed by atoms with Crippen LogP contribution in [0.15, 0.2) is 24.3 Å². The molecule has 2 N–H and O–H groups in total. The number of aliphatic hydroxyl groups excluding tert-OH is 1. The summed E-state index contributed by atoms with van der Waals surface area (Å²) in [5, 5.41) is 13.3. The van der Waals surface area contributed by atoms with Gasteiger partial charge in [-0.2, -0.15) is 0 Å². The van der Waals surface area contributed by atoms with Crippen molar-refractivity contribution < 1.29 is 5.11 Å². The third kappa shape index (κ3) is 3.15. The number of nitrogens with zero attached hydrogens (tertiary/aromatic N) is 1. The van der Waals surface area contributed by atoms with Crippen LogP contribution in [0, 0.1) is 6.92 Å². The first-order chi connectivity index (χ1) is 9.64. The van der Waals surface area contributed by atoms with E-state index >= 15 is 0 Å². The van der Waals surface area contributed by atoms with Gasteiger partial charge in [-0.25, -0.2) is 0 Å². The van der Waals surface area contributed by atoms with Gasteiger partial charge in [0.2, 0.25) is 0 Å². The average molecular weight is 276 g/mol. The summed E-state index contributed by atoms with van der Waals surface area (Å²) in [5.41, 5.74) is 2.54. The fourth-order valence-electron chi connectivity index (χ4n) is 3.56. The third-order valence-electron chi connectivity index (χ3n) is 4.55. The van der Waals surface area contributed by atoms with Crippen molar-refractivity contribution in [1.82, 2.24) is 5.32 Å². The van der Waals surface area contributed by atoms with Crippen molar-refractivity contribution in [2.75, 3.05) is 24.6 Å². The lowest BCUT2D eigenvalue weighted by atomic mass is 9.98. The van der Waals surface area contributed by atoms with Gasteiger partial charge in [-0.1, -0.05) is 19.1 Å². The van der Waals surface area contributed by atoms with E-state index in [4.69, 9.17) is 0 Å². The zero-order valence-electron chi connectivity index (χ0n) is 13.0. The minimum atomic E-state index is -0.0728. The zero-order valence-corrected chi connectivity index (χ0v) is 13.0. The summed E-state index contributed by atoms with van der Waals surface area (Å²) in [5.74, 6) is 0. The normalized spacial score (nSPS) is 25.9. The molecule has 1 aliphatic rings. The molecule has 3 heteroatoms. The molecule has 112 valence electrons. The van der Waals surface area contributed by atoms with Gasteiger partial charge in [0.05, 0.1) is 6.61 Å². The molecule has 2 rings (SSSR count). The van der Waals surface area contributed by atoms with Crippen LogP contribution in [0.5, 0.6) is 0 Å². The average Bonchev–Trinajstić information content (AvgIpc) is 2.85. The summed E-state index contributed by atoms with van der Waals surface area (Å²) >= 11 is 0. The van der Waals surface area contributed by atoms with Crippen LogP contribution in [-0.2, 0) is 0 Å². The minimum Gasteiger partial charge on any atom is -0.394 e. The molecule has 0 aliphatic heterocycles. The SMILES string of the molecule is CCNC1(CO)CCC(N(CC)c2cccc(C)c2)C1. The molecule has 0 radical (unpaired) electrons. The standard InChI is InChI=1S/C17H28N2O/c1-4-18-17(13-20)10-9-16(12-17)19(5-2)15-8-6-7-14(3)11-15/h6-8,11,16,18,20H,4-5,9-10,12-13H2,1-3H3. The predicted molar refractivity (Wildman–Crippen MR) is 85.3 cm³/mol. The highest BCUT2D eigenvalue weighted by Gasteiger charge is 2.40. The zero-order chi connectivity index (χ0) is 14.6. The van der Waals surface area contributed by atoms with E-state index in [2.05, 4.69) is 55.3 Å². The minimum absolute atomic E-state index is 0.0728. The molecule has 0 spiro atoms. The third-order valence-corrected chi connectivity index (χ3v) is 4.55. The van der Waals surface area contributed by atoms with Crippen LogP contribution in [0.2, 0.25) is 0 Å². The molecule has 20 heavy (non-hydrogen) atoms. The molecule has 0 bridgehead atoms. The maximum atomic E-state index is 9.75. The second-order valence-corrected chi connectivity index (χ2v) is 5.99. The van der Waals surface area contributed by atoms with E-state index in [1.807, 2.05) is 0 Å². The maximum absolute atomic E-state index is 9.75. The quantitative estimate of drug-likeness (QED) is 0.838. The number of hydrogen-bond acceptors (Lipinski definition) is 3. The molecule has 0 saturated heterocycles. The van der Waals surface area contributed by atoms with Gasteiger partial charge in [-0.3, -0.25) is 0 Å². The lowest BCUT2D eigenvalue weighted by Crippen LogP contribution is -2.48. The number of aryl methyl sites for hydroxylation is 1. The lowest BCUT2D eigenvalue weighted by molar-refractivity contribution is 0.165. The van der Waals surface area contributed by atoms with Gasteiger partial charge in [-0.05, 0) is 57.4 Å². The van der Waals surface area contributed by atoms with E-state index in [1.165, 1.54) is 11.3 Å². The van der Waals surface area contributed by atoms with Crippen molar-refractivity contribution in [3.05, 3.63) is 29.8 Å². The Hall–Kier alpha value is -1.06. The number of rotatable bonds is 6. The molecule has 0 heterocycles. The molecular formula is C17H28N2O. The first kappa shape index (κ1) is 15.3. The maximum Gasteiger partial charge on any atom is 0.0614 e. The Bertz CT molecular complexity index is 435. The molecule has 2 atom stereocenters. The number of benzene rings is 1. The van der Waals surface area contributed by atoms with Crippen molar-refractivity contribution in [2.45, 2.75) is 51.6 Å². The van der Waals surface area contributed by atoms with Crippen LogP contribution in [0.3, 0.4) is 0 Å². The van der Waals surface area contributed by atoms with Crippen LogP contribution in [0.1, 0.15) is 38.7 Å². The van der Waals surface area contributed by atoms with Crippen molar-refractivity contribution in [3.8, 4) is 0 Å². The van der Waals surface area contributed by atoms with Crippen LogP contribution in [0.4, 0.5) is 5.69 Å². The molecular weight excluding hydrogens is 248 g/mol. The topological polar surface area (TPSA) is 35.5 Å². The number of anilines is 1. The van der Waals surface area contributed by atoms with Gasteiger partial charge in [0, 0.05) is 23.8 Å². The van der Waals surface area contributed by atoms with Crippen LogP contribution in [0.25, 0.3) is 0 Å². The van der Waals surface area contributed by atoms with Gasteiger partial charge in [-0.15, -0.1) is 0 Å². The number of aliphatic hydroxyl groups is 1. The van der Waals surface area contributed by atoms with Crippen molar-refractivity contribution >= 4 is 5.69 Å². The fraction of sp³-hybridized carbons (Fsp3) is 0.647. The molecule has 1 fully saturated rings. The summed E-state index contributed by atoms with van der Waals surface area (Å²) in [6, 6.07) is 9.25. The highest BCUT2D eigenvalue weighted by Crippen LogP contribution is 2.35. The Labute approximate surface area is 123 Å². The molecule has 0 aromatic heterocycles. The Morgan fingerprint density at radius 2 is 2.20 bits per heavy atom. The van der Waals surface area contributed by atoms with Gasteiger partial charge in [0.15, 0.2) is 0 Å². The number of likely N-dealkylation sites (N-methyl/N-ethyl adjacent to an activating group) is 1. The van der Waals surface area contributed by atoms with E-state index in [0.29, 0.717) is 6.04 Å². The van der Waals surface area contributed by atoms with E-state index in [1.54, 1.807) is 0 Å². The Balaban J connectivity index is 2.14. The molecule has 0 amide bonds. The molecule has 3 nitrogen and oxygen atoms in total. The second-order valence-electron chi connectivity index (χ2n) is 5.99. The summed E-state index contributed by atoms with van der Waals surface area (Å²) in [6.07, 6.45) is 3.23. The van der Waals surface area contributed by atoms with Crippen molar-refractivity contribution in [1.29, 1.82) is 0 Å². The molecule has 1 aliphatic carbocycles. The molecule has 1 aromatic carbocycles.